The first-order valence-electron chi connectivity index (χ1n) is 6.61. The summed E-state index contributed by atoms with van der Waals surface area (Å²) in [7, 11) is 0. The molecule has 0 radical (unpaired) electrons. The van der Waals surface area contributed by atoms with Crippen molar-refractivity contribution >= 4 is 23.2 Å². The molecule has 3 heteroatoms. The maximum atomic E-state index is 6.07. The highest BCUT2D eigenvalue weighted by atomic mass is 35.5. The van der Waals surface area contributed by atoms with Gasteiger partial charge in [-0.25, -0.2) is 0 Å². The lowest BCUT2D eigenvalue weighted by Gasteiger charge is -2.31. The van der Waals surface area contributed by atoms with Crippen molar-refractivity contribution in [3.63, 3.8) is 0 Å². The molecule has 1 fully saturated rings. The molecular formula is C15H21Cl2N. The van der Waals surface area contributed by atoms with Crippen LogP contribution in [0.3, 0.4) is 0 Å². The van der Waals surface area contributed by atoms with E-state index in [0.717, 1.165) is 0 Å². The van der Waals surface area contributed by atoms with Gasteiger partial charge in [0.25, 0.3) is 0 Å². The molecule has 1 aromatic rings. The van der Waals surface area contributed by atoms with Gasteiger partial charge in [-0.15, -0.1) is 0 Å². The Bertz CT molecular complexity index is 429. The Balaban J connectivity index is 2.07. The molecule has 1 saturated carbocycles. The number of halogens is 2. The molecule has 1 nitrogen and oxygen atoms in total. The lowest BCUT2D eigenvalue weighted by molar-refractivity contribution is 0.266. The molecule has 18 heavy (non-hydrogen) atoms. The third kappa shape index (κ3) is 3.01. The van der Waals surface area contributed by atoms with Crippen molar-refractivity contribution < 1.29 is 0 Å². The predicted octanol–water partition coefficient (Wildman–Crippen LogP) is 5.22. The molecule has 0 saturated heterocycles. The molecule has 0 aromatic heterocycles. The summed E-state index contributed by atoms with van der Waals surface area (Å²) in [4.78, 5) is 0. The molecule has 2 unspecified atom stereocenters. The second-order valence-corrected chi connectivity index (χ2v) is 6.81. The van der Waals surface area contributed by atoms with E-state index in [1.54, 1.807) is 0 Å². The van der Waals surface area contributed by atoms with E-state index in [2.05, 4.69) is 26.1 Å². The molecule has 0 amide bonds. The van der Waals surface area contributed by atoms with Crippen LogP contribution >= 0.6 is 23.2 Å². The van der Waals surface area contributed by atoms with Crippen LogP contribution < -0.4 is 5.32 Å². The maximum absolute atomic E-state index is 6.07. The summed E-state index contributed by atoms with van der Waals surface area (Å²) in [5.41, 5.74) is 1.59. The Morgan fingerprint density at radius 3 is 2.56 bits per heavy atom. The van der Waals surface area contributed by atoms with Gasteiger partial charge < -0.3 is 5.32 Å². The Morgan fingerprint density at radius 2 is 2.00 bits per heavy atom. The highest BCUT2D eigenvalue weighted by Gasteiger charge is 2.34. The van der Waals surface area contributed by atoms with Crippen LogP contribution in [0.5, 0.6) is 0 Å². The van der Waals surface area contributed by atoms with Gasteiger partial charge in [0.15, 0.2) is 0 Å². The molecular weight excluding hydrogens is 265 g/mol. The number of hydrogen-bond donors (Lipinski definition) is 1. The van der Waals surface area contributed by atoms with Crippen LogP contribution in [0.25, 0.3) is 0 Å². The smallest absolute Gasteiger partial charge is 0.0595 e. The second kappa shape index (κ2) is 5.40. The van der Waals surface area contributed by atoms with E-state index < -0.39 is 0 Å². The minimum Gasteiger partial charge on any atom is -0.307 e. The minimum atomic E-state index is 0.308. The van der Waals surface area contributed by atoms with Crippen molar-refractivity contribution in [3.8, 4) is 0 Å². The van der Waals surface area contributed by atoms with E-state index in [9.17, 15) is 0 Å². The Labute approximate surface area is 120 Å². The molecule has 0 spiro atoms. The zero-order valence-corrected chi connectivity index (χ0v) is 12.8. The van der Waals surface area contributed by atoms with Crippen LogP contribution in [-0.4, -0.2) is 6.04 Å². The standard InChI is InChI=1S/C15H21Cl2N/c1-10(11-6-7-12(16)13(17)9-11)18-14-5-4-8-15(14,2)3/h6-7,9-10,14,18H,4-5,8H2,1-3H3. The lowest BCUT2D eigenvalue weighted by Crippen LogP contribution is -2.39. The molecule has 2 atom stereocenters. The largest absolute Gasteiger partial charge is 0.307 e. The fourth-order valence-electron chi connectivity index (χ4n) is 2.82. The van der Waals surface area contributed by atoms with Gasteiger partial charge in [0.2, 0.25) is 0 Å². The maximum Gasteiger partial charge on any atom is 0.0595 e. The van der Waals surface area contributed by atoms with Crippen molar-refractivity contribution in [2.45, 2.75) is 52.1 Å². The molecule has 100 valence electrons. The van der Waals surface area contributed by atoms with Crippen LogP contribution in [-0.2, 0) is 0 Å². The third-order valence-corrected chi connectivity index (χ3v) is 4.89. The van der Waals surface area contributed by atoms with Gasteiger partial charge in [-0.3, -0.25) is 0 Å². The molecule has 1 aliphatic rings. The summed E-state index contributed by atoms with van der Waals surface area (Å²) in [5, 5.41) is 4.98. The van der Waals surface area contributed by atoms with E-state index in [-0.39, 0.29) is 0 Å². The molecule has 0 bridgehead atoms. The van der Waals surface area contributed by atoms with Gasteiger partial charge in [-0.1, -0.05) is 49.5 Å². The summed E-state index contributed by atoms with van der Waals surface area (Å²) < 4.78 is 0. The quantitative estimate of drug-likeness (QED) is 0.803. The van der Waals surface area contributed by atoms with Crippen LogP contribution in [0.4, 0.5) is 0 Å². The average Bonchev–Trinajstić information content (AvgIpc) is 2.62. The zero-order chi connectivity index (χ0) is 13.3. The topological polar surface area (TPSA) is 12.0 Å². The van der Waals surface area contributed by atoms with Gasteiger partial charge in [0.05, 0.1) is 10.0 Å². The number of rotatable bonds is 3. The number of benzene rings is 1. The van der Waals surface area contributed by atoms with E-state index in [4.69, 9.17) is 23.2 Å². The van der Waals surface area contributed by atoms with Crippen LogP contribution in [0.2, 0.25) is 10.0 Å². The molecule has 1 N–H and O–H groups in total. The highest BCUT2D eigenvalue weighted by molar-refractivity contribution is 6.42. The molecule has 0 aliphatic heterocycles. The van der Waals surface area contributed by atoms with Gasteiger partial charge >= 0.3 is 0 Å². The first-order chi connectivity index (χ1) is 8.40. The van der Waals surface area contributed by atoms with Crippen molar-refractivity contribution in [3.05, 3.63) is 33.8 Å². The summed E-state index contributed by atoms with van der Waals surface area (Å²) >= 11 is 12.0. The summed E-state index contributed by atoms with van der Waals surface area (Å²) in [6, 6.07) is 6.78. The van der Waals surface area contributed by atoms with Gasteiger partial charge in [-0.2, -0.15) is 0 Å². The molecule has 0 heterocycles. The van der Waals surface area contributed by atoms with Crippen molar-refractivity contribution in [1.82, 2.24) is 5.32 Å². The molecule has 1 aliphatic carbocycles. The van der Waals surface area contributed by atoms with E-state index in [1.807, 2.05) is 18.2 Å². The fourth-order valence-corrected chi connectivity index (χ4v) is 3.12. The second-order valence-electron chi connectivity index (χ2n) is 6.00. The Kier molecular flexibility index (Phi) is 4.25. The average molecular weight is 286 g/mol. The van der Waals surface area contributed by atoms with Crippen molar-refractivity contribution in [2.75, 3.05) is 0 Å². The summed E-state index contributed by atoms with van der Waals surface area (Å²) in [6.45, 7) is 6.88. The molecule has 2 rings (SSSR count). The first-order valence-corrected chi connectivity index (χ1v) is 7.37. The van der Waals surface area contributed by atoms with Crippen LogP contribution in [0.15, 0.2) is 18.2 Å². The first kappa shape index (κ1) is 14.2. The van der Waals surface area contributed by atoms with E-state index >= 15 is 0 Å². The molecule has 1 aromatic carbocycles. The number of nitrogens with one attached hydrogen (secondary N) is 1. The minimum absolute atomic E-state index is 0.308. The van der Waals surface area contributed by atoms with E-state index in [0.29, 0.717) is 27.5 Å². The van der Waals surface area contributed by atoms with Crippen LogP contribution in [0.1, 0.15) is 51.6 Å². The SMILES string of the molecule is CC(NC1CCCC1(C)C)c1ccc(Cl)c(Cl)c1. The van der Waals surface area contributed by atoms with Crippen molar-refractivity contribution in [2.24, 2.45) is 5.41 Å². The van der Waals surface area contributed by atoms with Gasteiger partial charge in [-0.05, 0) is 42.9 Å². The summed E-state index contributed by atoms with van der Waals surface area (Å²) in [5.74, 6) is 0. The third-order valence-electron chi connectivity index (χ3n) is 4.15. The van der Waals surface area contributed by atoms with E-state index in [1.165, 1.54) is 24.8 Å². The predicted molar refractivity (Wildman–Crippen MR) is 79.4 cm³/mol. The Morgan fingerprint density at radius 1 is 1.28 bits per heavy atom. The Hall–Kier alpha value is -0.240. The van der Waals surface area contributed by atoms with Crippen LogP contribution in [0, 0.1) is 5.41 Å². The summed E-state index contributed by atoms with van der Waals surface area (Å²) in [6.07, 6.45) is 3.89. The van der Waals surface area contributed by atoms with Crippen molar-refractivity contribution in [1.29, 1.82) is 0 Å². The highest BCUT2D eigenvalue weighted by Crippen LogP contribution is 2.38. The number of hydrogen-bond acceptors (Lipinski definition) is 1. The van der Waals surface area contributed by atoms with Gasteiger partial charge in [0.1, 0.15) is 0 Å². The monoisotopic (exact) mass is 285 g/mol. The zero-order valence-electron chi connectivity index (χ0n) is 11.3. The fraction of sp³-hybridized carbons (Fsp3) is 0.600. The lowest BCUT2D eigenvalue weighted by atomic mass is 9.86. The van der Waals surface area contributed by atoms with Gasteiger partial charge in [0, 0.05) is 12.1 Å². The normalized spacial score (nSPS) is 24.2.